The summed E-state index contributed by atoms with van der Waals surface area (Å²) in [5, 5.41) is 3.47. The van der Waals surface area contributed by atoms with Crippen LogP contribution in [-0.2, 0) is 26.2 Å². The summed E-state index contributed by atoms with van der Waals surface area (Å²) in [5.41, 5.74) is 0.162. The van der Waals surface area contributed by atoms with E-state index in [1.165, 1.54) is 65.6 Å². The van der Waals surface area contributed by atoms with Crippen LogP contribution in [0.3, 0.4) is 0 Å². The van der Waals surface area contributed by atoms with Crippen molar-refractivity contribution in [3.05, 3.63) is 94.2 Å². The van der Waals surface area contributed by atoms with Crippen molar-refractivity contribution in [2.45, 2.75) is 50.7 Å². The summed E-state index contributed by atoms with van der Waals surface area (Å²) >= 11 is 12.1. The van der Waals surface area contributed by atoms with Gasteiger partial charge in [0.2, 0.25) is 11.8 Å². The van der Waals surface area contributed by atoms with Crippen LogP contribution in [0.4, 0.5) is 10.1 Å². The van der Waals surface area contributed by atoms with E-state index < -0.39 is 45.8 Å². The van der Waals surface area contributed by atoms with Gasteiger partial charge < -0.3 is 10.2 Å². The second-order valence-electron chi connectivity index (χ2n) is 10.0. The molecule has 7 nitrogen and oxygen atoms in total. The highest BCUT2D eigenvalue weighted by Crippen LogP contribution is 2.27. The van der Waals surface area contributed by atoms with Crippen molar-refractivity contribution in [2.24, 2.45) is 0 Å². The number of rotatable bonds is 9. The number of benzene rings is 3. The molecule has 0 aromatic heterocycles. The third kappa shape index (κ3) is 8.17. The summed E-state index contributed by atoms with van der Waals surface area (Å²) in [6.45, 7) is 6.30. The zero-order valence-corrected chi connectivity index (χ0v) is 24.3. The Labute approximate surface area is 238 Å². The molecule has 0 radical (unpaired) electrons. The van der Waals surface area contributed by atoms with Crippen LogP contribution < -0.4 is 9.62 Å². The summed E-state index contributed by atoms with van der Waals surface area (Å²) in [6, 6.07) is 16.2. The maximum absolute atomic E-state index is 13.8. The lowest BCUT2D eigenvalue weighted by atomic mass is 10.1. The minimum atomic E-state index is -4.25. The van der Waals surface area contributed by atoms with Gasteiger partial charge in [0, 0.05) is 22.1 Å². The number of hydrogen-bond acceptors (Lipinski definition) is 4. The molecule has 39 heavy (non-hydrogen) atoms. The van der Waals surface area contributed by atoms with E-state index in [0.29, 0.717) is 10.6 Å². The first-order valence-corrected chi connectivity index (χ1v) is 14.3. The van der Waals surface area contributed by atoms with E-state index in [-0.39, 0.29) is 22.2 Å². The quantitative estimate of drug-likeness (QED) is 0.347. The zero-order chi connectivity index (χ0) is 29.0. The molecule has 0 aliphatic heterocycles. The van der Waals surface area contributed by atoms with E-state index in [0.717, 1.165) is 4.31 Å². The standard InChI is InChI=1S/C28H30Cl2FN3O4S/c1-19(27(36)32-28(2,3)4)33(17-20-8-12-23(31)13-9-20)26(35)18-34(24-7-5-6-22(30)16-24)39(37,38)25-14-10-21(29)11-15-25/h5-16,19H,17-18H2,1-4H3,(H,32,36). The molecular weight excluding hydrogens is 564 g/mol. The zero-order valence-electron chi connectivity index (χ0n) is 22.0. The van der Waals surface area contributed by atoms with E-state index in [9.17, 15) is 22.4 Å². The number of nitrogens with one attached hydrogen (secondary N) is 1. The predicted molar refractivity (Wildman–Crippen MR) is 152 cm³/mol. The fourth-order valence-corrected chi connectivity index (χ4v) is 5.45. The van der Waals surface area contributed by atoms with Gasteiger partial charge in [0.15, 0.2) is 0 Å². The first kappa shape index (κ1) is 30.4. The lowest BCUT2D eigenvalue weighted by Crippen LogP contribution is -2.54. The molecule has 3 rings (SSSR count). The SMILES string of the molecule is CC(C(=O)NC(C)(C)C)N(Cc1ccc(F)cc1)C(=O)CN(c1cccc(Cl)c1)S(=O)(=O)c1ccc(Cl)cc1. The van der Waals surface area contributed by atoms with Crippen LogP contribution in [0.25, 0.3) is 0 Å². The molecular formula is C28H30Cl2FN3O4S. The summed E-state index contributed by atoms with van der Waals surface area (Å²) in [5.74, 6) is -1.52. The number of hydrogen-bond donors (Lipinski definition) is 1. The van der Waals surface area contributed by atoms with Gasteiger partial charge in [-0.05, 0) is 87.9 Å². The molecule has 0 fully saturated rings. The fraction of sp³-hybridized carbons (Fsp3) is 0.286. The fourth-order valence-electron chi connectivity index (χ4n) is 3.74. The Morgan fingerprint density at radius 2 is 1.56 bits per heavy atom. The maximum Gasteiger partial charge on any atom is 0.264 e. The molecule has 0 spiro atoms. The summed E-state index contributed by atoms with van der Waals surface area (Å²) in [6.07, 6.45) is 0. The van der Waals surface area contributed by atoms with Gasteiger partial charge in [-0.15, -0.1) is 0 Å². The normalized spacial score (nSPS) is 12.5. The Kier molecular flexibility index (Phi) is 9.64. The first-order valence-electron chi connectivity index (χ1n) is 12.1. The Morgan fingerprint density at radius 3 is 2.13 bits per heavy atom. The van der Waals surface area contributed by atoms with Crippen molar-refractivity contribution < 1.29 is 22.4 Å². The molecule has 0 saturated heterocycles. The molecule has 0 saturated carbocycles. The summed E-state index contributed by atoms with van der Waals surface area (Å²) < 4.78 is 42.0. The van der Waals surface area contributed by atoms with E-state index in [1.54, 1.807) is 19.1 Å². The average Bonchev–Trinajstić information content (AvgIpc) is 2.85. The summed E-state index contributed by atoms with van der Waals surface area (Å²) in [7, 11) is -4.25. The molecule has 0 bridgehead atoms. The average molecular weight is 595 g/mol. The largest absolute Gasteiger partial charge is 0.350 e. The third-order valence-corrected chi connectivity index (χ3v) is 7.98. The lowest BCUT2D eigenvalue weighted by molar-refractivity contribution is -0.140. The van der Waals surface area contributed by atoms with Crippen molar-refractivity contribution in [2.75, 3.05) is 10.8 Å². The van der Waals surface area contributed by atoms with Gasteiger partial charge in [0.1, 0.15) is 18.4 Å². The highest BCUT2D eigenvalue weighted by Gasteiger charge is 2.33. The van der Waals surface area contributed by atoms with Gasteiger partial charge in [-0.25, -0.2) is 12.8 Å². The maximum atomic E-state index is 13.8. The molecule has 11 heteroatoms. The highest BCUT2D eigenvalue weighted by atomic mass is 35.5. The van der Waals surface area contributed by atoms with Crippen molar-refractivity contribution in [3.8, 4) is 0 Å². The van der Waals surface area contributed by atoms with Gasteiger partial charge in [0.05, 0.1) is 10.6 Å². The van der Waals surface area contributed by atoms with Gasteiger partial charge >= 0.3 is 0 Å². The minimum absolute atomic E-state index is 0.0534. The van der Waals surface area contributed by atoms with Crippen molar-refractivity contribution in [1.29, 1.82) is 0 Å². The van der Waals surface area contributed by atoms with Crippen LogP contribution in [0.2, 0.25) is 10.0 Å². The number of halogens is 3. The number of anilines is 1. The number of amides is 2. The minimum Gasteiger partial charge on any atom is -0.350 e. The number of carbonyl (C=O) groups is 2. The van der Waals surface area contributed by atoms with Crippen LogP contribution in [0.5, 0.6) is 0 Å². The van der Waals surface area contributed by atoms with Gasteiger partial charge in [-0.3, -0.25) is 13.9 Å². The van der Waals surface area contributed by atoms with Crippen LogP contribution in [0, 0.1) is 5.82 Å². The second-order valence-corrected chi connectivity index (χ2v) is 12.7. The van der Waals surface area contributed by atoms with Gasteiger partial charge in [0.25, 0.3) is 10.0 Å². The first-order chi connectivity index (χ1) is 18.2. The molecule has 1 atom stereocenters. The number of nitrogens with zero attached hydrogens (tertiary/aromatic N) is 2. The van der Waals surface area contributed by atoms with E-state index >= 15 is 0 Å². The number of sulfonamides is 1. The highest BCUT2D eigenvalue weighted by molar-refractivity contribution is 7.92. The molecule has 2 amide bonds. The molecule has 3 aromatic carbocycles. The molecule has 3 aromatic rings. The Hall–Kier alpha value is -3.14. The van der Waals surface area contributed by atoms with E-state index in [1.807, 2.05) is 20.8 Å². The van der Waals surface area contributed by atoms with Crippen LogP contribution in [0.1, 0.15) is 33.3 Å². The van der Waals surface area contributed by atoms with Crippen molar-refractivity contribution in [1.82, 2.24) is 10.2 Å². The molecule has 1 N–H and O–H groups in total. The Morgan fingerprint density at radius 1 is 0.949 bits per heavy atom. The Bertz CT molecular complexity index is 1430. The molecule has 0 aliphatic rings. The van der Waals surface area contributed by atoms with Crippen LogP contribution in [-0.4, -0.2) is 43.3 Å². The second kappa shape index (κ2) is 12.4. The predicted octanol–water partition coefficient (Wildman–Crippen LogP) is 5.66. The van der Waals surface area contributed by atoms with Gasteiger partial charge in [-0.2, -0.15) is 0 Å². The Balaban J connectivity index is 2.03. The smallest absolute Gasteiger partial charge is 0.264 e. The van der Waals surface area contributed by atoms with Crippen molar-refractivity contribution in [3.63, 3.8) is 0 Å². The summed E-state index contributed by atoms with van der Waals surface area (Å²) in [4.78, 5) is 28.1. The third-order valence-electron chi connectivity index (χ3n) is 5.71. The lowest BCUT2D eigenvalue weighted by Gasteiger charge is -2.33. The molecule has 208 valence electrons. The number of carbonyl (C=O) groups excluding carboxylic acids is 2. The van der Waals surface area contributed by atoms with E-state index in [4.69, 9.17) is 23.2 Å². The molecule has 0 aliphatic carbocycles. The molecule has 1 unspecified atom stereocenters. The van der Waals surface area contributed by atoms with Crippen LogP contribution >= 0.6 is 23.2 Å². The van der Waals surface area contributed by atoms with Crippen molar-refractivity contribution >= 4 is 50.7 Å². The van der Waals surface area contributed by atoms with E-state index in [2.05, 4.69) is 5.32 Å². The monoisotopic (exact) mass is 593 g/mol. The molecule has 0 heterocycles. The topological polar surface area (TPSA) is 86.8 Å². The van der Waals surface area contributed by atoms with Gasteiger partial charge in [-0.1, -0.05) is 41.4 Å². The van der Waals surface area contributed by atoms with Crippen LogP contribution in [0.15, 0.2) is 77.7 Å².